The quantitative estimate of drug-likeness (QED) is 0.133. The molecule has 9 atom stereocenters. The Hall–Kier alpha value is -0.360. The van der Waals surface area contributed by atoms with Crippen molar-refractivity contribution >= 4 is 0 Å². The summed E-state index contributed by atoms with van der Waals surface area (Å²) in [5.74, 6) is 1.17. The van der Waals surface area contributed by atoms with Crippen LogP contribution in [0.1, 0.15) is 105 Å². The molecule has 5 N–H and O–H groups in total. The molecule has 2 fully saturated rings. The number of nitrogens with zero attached hydrogens (tertiary/aromatic N) is 2. The van der Waals surface area contributed by atoms with Crippen LogP contribution in [-0.4, -0.2) is 114 Å². The minimum atomic E-state index is -1.54. The zero-order chi connectivity index (χ0) is 31.4. The van der Waals surface area contributed by atoms with Gasteiger partial charge < -0.3 is 34.8 Å². The predicted molar refractivity (Wildman–Crippen MR) is 169 cm³/mol. The van der Waals surface area contributed by atoms with E-state index in [-0.39, 0.29) is 30.2 Å². The van der Waals surface area contributed by atoms with Gasteiger partial charge in [0, 0.05) is 45.2 Å². The van der Waals surface area contributed by atoms with Crippen molar-refractivity contribution in [2.45, 2.75) is 154 Å². The monoisotopic (exact) mass is 602 g/mol. The molecule has 2 rings (SSSR count). The number of methoxy groups -OCH3 is 2. The second-order valence-corrected chi connectivity index (χ2v) is 13.9. The van der Waals surface area contributed by atoms with Crippen molar-refractivity contribution in [2.24, 2.45) is 23.7 Å². The normalized spacial score (nSPS) is 25.1. The Kier molecular flexibility index (Phi) is 17.3. The van der Waals surface area contributed by atoms with Gasteiger partial charge >= 0.3 is 0 Å². The molecule has 1 aliphatic carbocycles. The average Bonchev–Trinajstić information content (AvgIpc) is 3.45. The SMILES string of the molecule is CCC(C)C(C(CC(O)N1CCCC1C(OC)C(C)C(O)NC(CC1CCCCC1)C(O)O)OC)N(C)CCC(C)C. The summed E-state index contributed by atoms with van der Waals surface area (Å²) in [6.07, 6.45) is 7.24. The lowest BCUT2D eigenvalue weighted by atomic mass is 9.84. The third-order valence-electron chi connectivity index (χ3n) is 10.4. The highest BCUT2D eigenvalue weighted by Gasteiger charge is 2.42. The van der Waals surface area contributed by atoms with Crippen molar-refractivity contribution < 1.29 is 29.9 Å². The maximum atomic E-state index is 11.6. The van der Waals surface area contributed by atoms with Gasteiger partial charge in [-0.3, -0.25) is 10.2 Å². The molecule has 42 heavy (non-hydrogen) atoms. The zero-order valence-corrected chi connectivity index (χ0v) is 28.1. The van der Waals surface area contributed by atoms with E-state index in [1.54, 1.807) is 14.2 Å². The number of ether oxygens (including phenoxy) is 2. The molecule has 0 aromatic heterocycles. The molecule has 0 aromatic rings. The van der Waals surface area contributed by atoms with E-state index in [2.05, 4.69) is 49.9 Å². The second kappa shape index (κ2) is 19.2. The van der Waals surface area contributed by atoms with Gasteiger partial charge in [0.05, 0.1) is 18.2 Å². The van der Waals surface area contributed by atoms with E-state index in [1.807, 2.05) is 6.92 Å². The van der Waals surface area contributed by atoms with E-state index >= 15 is 0 Å². The van der Waals surface area contributed by atoms with Gasteiger partial charge in [-0.15, -0.1) is 0 Å². The molecule has 9 unspecified atom stereocenters. The molecule has 0 radical (unpaired) electrons. The smallest absolute Gasteiger partial charge is 0.167 e. The minimum Gasteiger partial charge on any atom is -0.380 e. The molecule has 0 bridgehead atoms. The molecule has 250 valence electrons. The molecule has 9 heteroatoms. The number of hydrogen-bond acceptors (Lipinski definition) is 9. The van der Waals surface area contributed by atoms with E-state index in [9.17, 15) is 20.4 Å². The van der Waals surface area contributed by atoms with Crippen LogP contribution in [0.25, 0.3) is 0 Å². The van der Waals surface area contributed by atoms with Crippen LogP contribution in [0.3, 0.4) is 0 Å². The van der Waals surface area contributed by atoms with Crippen LogP contribution in [0.4, 0.5) is 0 Å². The first-order valence-corrected chi connectivity index (χ1v) is 16.9. The summed E-state index contributed by atoms with van der Waals surface area (Å²) in [7, 11) is 5.60. The Morgan fingerprint density at radius 1 is 0.929 bits per heavy atom. The molecule has 2 aliphatic rings. The number of likely N-dealkylation sites (tertiary alicyclic amines) is 1. The summed E-state index contributed by atoms with van der Waals surface area (Å²) in [6, 6.07) is -0.463. The van der Waals surface area contributed by atoms with Crippen molar-refractivity contribution in [2.75, 3.05) is 34.4 Å². The van der Waals surface area contributed by atoms with Gasteiger partial charge in [-0.25, -0.2) is 0 Å². The lowest BCUT2D eigenvalue weighted by Gasteiger charge is -2.42. The average molecular weight is 602 g/mol. The highest BCUT2D eigenvalue weighted by molar-refractivity contribution is 4.93. The fourth-order valence-corrected chi connectivity index (χ4v) is 7.52. The Balaban J connectivity index is 2.10. The van der Waals surface area contributed by atoms with Crippen LogP contribution < -0.4 is 5.32 Å². The molecule has 9 nitrogen and oxygen atoms in total. The summed E-state index contributed by atoms with van der Waals surface area (Å²) in [5.41, 5.74) is 0. The van der Waals surface area contributed by atoms with E-state index < -0.39 is 24.8 Å². The highest BCUT2D eigenvalue weighted by atomic mass is 16.5. The van der Waals surface area contributed by atoms with E-state index in [4.69, 9.17) is 9.47 Å². The van der Waals surface area contributed by atoms with Gasteiger partial charge in [-0.1, -0.05) is 73.1 Å². The molecule has 1 saturated heterocycles. The maximum Gasteiger partial charge on any atom is 0.167 e. The molecule has 0 spiro atoms. The third kappa shape index (κ3) is 11.2. The van der Waals surface area contributed by atoms with Crippen LogP contribution in [0.2, 0.25) is 0 Å². The van der Waals surface area contributed by atoms with Crippen LogP contribution >= 0.6 is 0 Å². The molecular formula is C33H67N3O6. The number of nitrogens with one attached hydrogen (secondary N) is 1. The van der Waals surface area contributed by atoms with Crippen molar-refractivity contribution in [1.82, 2.24) is 15.1 Å². The van der Waals surface area contributed by atoms with Crippen molar-refractivity contribution in [3.63, 3.8) is 0 Å². The van der Waals surface area contributed by atoms with Gasteiger partial charge in [0.25, 0.3) is 0 Å². The summed E-state index contributed by atoms with van der Waals surface area (Å²) in [5, 5.41) is 46.2. The summed E-state index contributed by atoms with van der Waals surface area (Å²) in [4.78, 5) is 4.55. The van der Waals surface area contributed by atoms with Crippen molar-refractivity contribution in [3.8, 4) is 0 Å². The van der Waals surface area contributed by atoms with Crippen molar-refractivity contribution in [1.29, 1.82) is 0 Å². The predicted octanol–water partition coefficient (Wildman–Crippen LogP) is 3.78. The van der Waals surface area contributed by atoms with Crippen LogP contribution in [0.5, 0.6) is 0 Å². The van der Waals surface area contributed by atoms with Crippen LogP contribution in [-0.2, 0) is 9.47 Å². The number of aliphatic hydroxyl groups is 4. The van der Waals surface area contributed by atoms with E-state index in [1.165, 1.54) is 19.3 Å². The molecule has 1 saturated carbocycles. The molecule has 1 aliphatic heterocycles. The Morgan fingerprint density at radius 3 is 2.14 bits per heavy atom. The topological polar surface area (TPSA) is 118 Å². The van der Waals surface area contributed by atoms with Gasteiger partial charge in [0.15, 0.2) is 6.29 Å². The summed E-state index contributed by atoms with van der Waals surface area (Å²) >= 11 is 0. The first-order chi connectivity index (χ1) is 19.9. The standard InChI is InChI=1S/C33H67N3O6/c1-9-23(4)30(35(6)19-17-22(2)3)28(41-7)21-29(37)36-18-13-16-27(36)31(42-8)24(5)32(38)34-26(33(39)40)20-25-14-11-10-12-15-25/h22-34,37-40H,9-21H2,1-8H3. The number of hydrogen-bond donors (Lipinski definition) is 5. The Morgan fingerprint density at radius 2 is 1.60 bits per heavy atom. The first-order valence-electron chi connectivity index (χ1n) is 16.9. The van der Waals surface area contributed by atoms with Gasteiger partial charge in [0.1, 0.15) is 12.5 Å². The lowest BCUT2D eigenvalue weighted by molar-refractivity contribution is -0.121. The Labute approximate surface area is 257 Å². The number of rotatable bonds is 20. The fourth-order valence-electron chi connectivity index (χ4n) is 7.52. The fraction of sp³-hybridized carbons (Fsp3) is 1.00. The Bertz CT molecular complexity index is 709. The molecule has 0 amide bonds. The molecular weight excluding hydrogens is 534 g/mol. The first kappa shape index (κ1) is 37.8. The molecule has 0 aromatic carbocycles. The van der Waals surface area contributed by atoms with E-state index in [0.717, 1.165) is 51.6 Å². The molecule has 1 heterocycles. The number of aliphatic hydroxyl groups excluding tert-OH is 3. The van der Waals surface area contributed by atoms with Gasteiger partial charge in [-0.2, -0.15) is 0 Å². The summed E-state index contributed by atoms with van der Waals surface area (Å²) < 4.78 is 12.1. The third-order valence-corrected chi connectivity index (χ3v) is 10.4. The van der Waals surface area contributed by atoms with Gasteiger partial charge in [-0.05, 0) is 57.0 Å². The minimum absolute atomic E-state index is 0.0643. The van der Waals surface area contributed by atoms with Crippen LogP contribution in [0, 0.1) is 23.7 Å². The number of likely N-dealkylation sites (N-methyl/N-ethyl adjacent to an activating group) is 1. The van der Waals surface area contributed by atoms with Crippen molar-refractivity contribution in [3.05, 3.63) is 0 Å². The summed E-state index contributed by atoms with van der Waals surface area (Å²) in [6.45, 7) is 12.7. The second-order valence-electron chi connectivity index (χ2n) is 13.9. The highest BCUT2D eigenvalue weighted by Crippen LogP contribution is 2.32. The van der Waals surface area contributed by atoms with Crippen LogP contribution in [0.15, 0.2) is 0 Å². The van der Waals surface area contributed by atoms with E-state index in [0.29, 0.717) is 30.6 Å². The maximum absolute atomic E-state index is 11.6. The van der Waals surface area contributed by atoms with Gasteiger partial charge in [0.2, 0.25) is 0 Å². The largest absolute Gasteiger partial charge is 0.380 e. The zero-order valence-electron chi connectivity index (χ0n) is 28.1. The lowest BCUT2D eigenvalue weighted by Crippen LogP contribution is -2.56.